The zero-order chi connectivity index (χ0) is 12.1. The molecule has 0 aromatic heterocycles. The van der Waals surface area contributed by atoms with Crippen LogP contribution in [0.15, 0.2) is 18.2 Å². The van der Waals surface area contributed by atoms with Crippen molar-refractivity contribution in [1.29, 1.82) is 0 Å². The molecule has 0 radical (unpaired) electrons. The summed E-state index contributed by atoms with van der Waals surface area (Å²) < 4.78 is 5.77. The van der Waals surface area contributed by atoms with Gasteiger partial charge in [-0.1, -0.05) is 25.8 Å². The summed E-state index contributed by atoms with van der Waals surface area (Å²) in [6.07, 6.45) is 4.32. The molecule has 0 aliphatic carbocycles. The summed E-state index contributed by atoms with van der Waals surface area (Å²) in [5.74, 6) is 0.902. The minimum absolute atomic E-state index is 0.0188. The van der Waals surface area contributed by atoms with Crippen molar-refractivity contribution >= 4 is 5.91 Å². The fraction of sp³-hybridized carbons (Fsp3) is 0.500. The van der Waals surface area contributed by atoms with Crippen LogP contribution in [0.2, 0.25) is 0 Å². The van der Waals surface area contributed by atoms with Gasteiger partial charge in [-0.3, -0.25) is 4.79 Å². The van der Waals surface area contributed by atoms with Crippen LogP contribution in [0.3, 0.4) is 0 Å². The SMILES string of the molecule is CCCCCOc1cccc2c1CCNC2=O. The van der Waals surface area contributed by atoms with Crippen molar-refractivity contribution in [3.63, 3.8) is 0 Å². The zero-order valence-corrected chi connectivity index (χ0v) is 10.3. The van der Waals surface area contributed by atoms with Gasteiger partial charge in [0.2, 0.25) is 0 Å². The highest BCUT2D eigenvalue weighted by Gasteiger charge is 2.19. The Balaban J connectivity index is 2.07. The van der Waals surface area contributed by atoms with Crippen LogP contribution in [-0.2, 0) is 6.42 Å². The van der Waals surface area contributed by atoms with Gasteiger partial charge in [0, 0.05) is 17.7 Å². The van der Waals surface area contributed by atoms with Gasteiger partial charge < -0.3 is 10.1 Å². The van der Waals surface area contributed by atoms with E-state index >= 15 is 0 Å². The number of ether oxygens (including phenoxy) is 1. The van der Waals surface area contributed by atoms with Crippen LogP contribution in [-0.4, -0.2) is 19.1 Å². The first-order valence-corrected chi connectivity index (χ1v) is 6.36. The first kappa shape index (κ1) is 12.0. The van der Waals surface area contributed by atoms with E-state index < -0.39 is 0 Å². The Labute approximate surface area is 102 Å². The molecule has 0 atom stereocenters. The summed E-state index contributed by atoms with van der Waals surface area (Å²) in [6.45, 7) is 3.63. The van der Waals surface area contributed by atoms with Crippen molar-refractivity contribution in [2.45, 2.75) is 32.6 Å². The molecule has 92 valence electrons. The van der Waals surface area contributed by atoms with Gasteiger partial charge in [0.25, 0.3) is 5.91 Å². The molecule has 17 heavy (non-hydrogen) atoms. The van der Waals surface area contributed by atoms with Crippen LogP contribution in [0.5, 0.6) is 5.75 Å². The molecule has 1 amide bonds. The quantitative estimate of drug-likeness (QED) is 0.794. The van der Waals surface area contributed by atoms with Crippen molar-refractivity contribution in [1.82, 2.24) is 5.32 Å². The number of rotatable bonds is 5. The van der Waals surface area contributed by atoms with Gasteiger partial charge in [-0.2, -0.15) is 0 Å². The van der Waals surface area contributed by atoms with Crippen LogP contribution in [0.25, 0.3) is 0 Å². The molecule has 1 aromatic rings. The Kier molecular flexibility index (Phi) is 4.02. The number of nitrogens with one attached hydrogen (secondary N) is 1. The number of carbonyl (C=O) groups is 1. The lowest BCUT2D eigenvalue weighted by Gasteiger charge is -2.19. The number of carbonyl (C=O) groups excluding carboxylic acids is 1. The van der Waals surface area contributed by atoms with E-state index in [1.165, 1.54) is 12.8 Å². The highest BCUT2D eigenvalue weighted by Crippen LogP contribution is 2.25. The third-order valence-electron chi connectivity index (χ3n) is 3.04. The molecule has 3 nitrogen and oxygen atoms in total. The number of benzene rings is 1. The summed E-state index contributed by atoms with van der Waals surface area (Å²) in [5, 5.41) is 2.85. The fourth-order valence-electron chi connectivity index (χ4n) is 2.10. The van der Waals surface area contributed by atoms with Gasteiger partial charge in [-0.25, -0.2) is 0 Å². The van der Waals surface area contributed by atoms with Gasteiger partial charge in [0.15, 0.2) is 0 Å². The minimum Gasteiger partial charge on any atom is -0.493 e. The van der Waals surface area contributed by atoms with E-state index in [2.05, 4.69) is 12.2 Å². The second kappa shape index (κ2) is 5.71. The predicted molar refractivity (Wildman–Crippen MR) is 67.5 cm³/mol. The number of fused-ring (bicyclic) bond motifs is 1. The van der Waals surface area contributed by atoms with Gasteiger partial charge >= 0.3 is 0 Å². The second-order valence-corrected chi connectivity index (χ2v) is 4.34. The Morgan fingerprint density at radius 2 is 2.24 bits per heavy atom. The lowest BCUT2D eigenvalue weighted by Crippen LogP contribution is -2.32. The maximum absolute atomic E-state index is 11.6. The average molecular weight is 233 g/mol. The molecule has 1 heterocycles. The van der Waals surface area contributed by atoms with Crippen LogP contribution in [0.1, 0.15) is 42.1 Å². The summed E-state index contributed by atoms with van der Waals surface area (Å²) in [6, 6.07) is 5.71. The van der Waals surface area contributed by atoms with E-state index in [9.17, 15) is 4.79 Å². The van der Waals surface area contributed by atoms with E-state index in [0.29, 0.717) is 6.54 Å². The molecule has 0 spiro atoms. The lowest BCUT2D eigenvalue weighted by molar-refractivity contribution is 0.0945. The van der Waals surface area contributed by atoms with Crippen molar-refractivity contribution in [3.8, 4) is 5.75 Å². The highest BCUT2D eigenvalue weighted by molar-refractivity contribution is 5.97. The number of hydrogen-bond acceptors (Lipinski definition) is 2. The molecule has 0 fully saturated rings. The Hall–Kier alpha value is -1.51. The maximum atomic E-state index is 11.6. The fourth-order valence-corrected chi connectivity index (χ4v) is 2.10. The molecular formula is C14H19NO2. The molecule has 1 aliphatic rings. The normalized spacial score (nSPS) is 14.1. The van der Waals surface area contributed by atoms with Crippen LogP contribution < -0.4 is 10.1 Å². The molecule has 1 aliphatic heterocycles. The minimum atomic E-state index is 0.0188. The maximum Gasteiger partial charge on any atom is 0.251 e. The van der Waals surface area contributed by atoms with E-state index in [4.69, 9.17) is 4.74 Å². The monoisotopic (exact) mass is 233 g/mol. The molecule has 3 heteroatoms. The zero-order valence-electron chi connectivity index (χ0n) is 10.3. The number of unbranched alkanes of at least 4 members (excludes halogenated alkanes) is 2. The molecule has 0 unspecified atom stereocenters. The summed E-state index contributed by atoms with van der Waals surface area (Å²) >= 11 is 0. The highest BCUT2D eigenvalue weighted by atomic mass is 16.5. The summed E-state index contributed by atoms with van der Waals surface area (Å²) in [7, 11) is 0. The smallest absolute Gasteiger partial charge is 0.251 e. The van der Waals surface area contributed by atoms with E-state index in [1.54, 1.807) is 0 Å². The average Bonchev–Trinajstić information content (AvgIpc) is 2.36. The molecule has 2 rings (SSSR count). The first-order valence-electron chi connectivity index (χ1n) is 6.36. The van der Waals surface area contributed by atoms with Crippen molar-refractivity contribution in [2.75, 3.05) is 13.2 Å². The van der Waals surface area contributed by atoms with Gasteiger partial charge in [0.1, 0.15) is 5.75 Å². The third kappa shape index (κ3) is 2.78. The number of amides is 1. The molecule has 1 aromatic carbocycles. The van der Waals surface area contributed by atoms with Crippen molar-refractivity contribution < 1.29 is 9.53 Å². The Morgan fingerprint density at radius 1 is 1.35 bits per heavy atom. The van der Waals surface area contributed by atoms with Crippen molar-refractivity contribution in [2.24, 2.45) is 0 Å². The molecule has 0 saturated carbocycles. The second-order valence-electron chi connectivity index (χ2n) is 4.34. The summed E-state index contributed by atoms with van der Waals surface area (Å²) in [4.78, 5) is 11.6. The van der Waals surface area contributed by atoms with Crippen LogP contribution >= 0.6 is 0 Å². The van der Waals surface area contributed by atoms with E-state index in [-0.39, 0.29) is 5.91 Å². The molecule has 1 N–H and O–H groups in total. The van der Waals surface area contributed by atoms with Crippen LogP contribution in [0.4, 0.5) is 0 Å². The molecule has 0 bridgehead atoms. The van der Waals surface area contributed by atoms with E-state index in [1.807, 2.05) is 18.2 Å². The largest absolute Gasteiger partial charge is 0.493 e. The molecule has 0 saturated heterocycles. The number of hydrogen-bond donors (Lipinski definition) is 1. The first-order chi connectivity index (χ1) is 8.33. The lowest BCUT2D eigenvalue weighted by atomic mass is 9.99. The van der Waals surface area contributed by atoms with Gasteiger partial charge in [-0.05, 0) is 25.0 Å². The predicted octanol–water partition coefficient (Wildman–Crippen LogP) is 2.54. The topological polar surface area (TPSA) is 38.3 Å². The Bertz CT molecular complexity index is 401. The van der Waals surface area contributed by atoms with E-state index in [0.717, 1.165) is 36.3 Å². The van der Waals surface area contributed by atoms with Crippen LogP contribution in [0, 0.1) is 0 Å². The molecular weight excluding hydrogens is 214 g/mol. The summed E-state index contributed by atoms with van der Waals surface area (Å²) in [5.41, 5.74) is 1.83. The van der Waals surface area contributed by atoms with Gasteiger partial charge in [-0.15, -0.1) is 0 Å². The third-order valence-corrected chi connectivity index (χ3v) is 3.04. The van der Waals surface area contributed by atoms with Gasteiger partial charge in [0.05, 0.1) is 6.61 Å². The standard InChI is InChI=1S/C14H19NO2/c1-2-3-4-10-17-13-7-5-6-12-11(13)8-9-15-14(12)16/h5-7H,2-4,8-10H2,1H3,(H,15,16). The van der Waals surface area contributed by atoms with Crippen molar-refractivity contribution in [3.05, 3.63) is 29.3 Å². The Morgan fingerprint density at radius 3 is 3.06 bits per heavy atom.